The number of hydrogen-bond acceptors (Lipinski definition) is 3. The van der Waals surface area contributed by atoms with Gasteiger partial charge in [-0.15, -0.1) is 0 Å². The van der Waals surface area contributed by atoms with Gasteiger partial charge in [0.05, 0.1) is 11.1 Å². The number of ether oxygens (including phenoxy) is 2. The zero-order valence-electron chi connectivity index (χ0n) is 14.3. The van der Waals surface area contributed by atoms with E-state index in [0.717, 1.165) is 31.9 Å². The van der Waals surface area contributed by atoms with Crippen LogP contribution in [0.1, 0.15) is 29.5 Å². The lowest BCUT2D eigenvalue weighted by atomic mass is 10.1. The number of carbonyl (C=O) groups excluding carboxylic acids is 1. The van der Waals surface area contributed by atoms with Gasteiger partial charge >= 0.3 is 5.97 Å². The molecule has 3 nitrogen and oxygen atoms in total. The number of esters is 1. The van der Waals surface area contributed by atoms with E-state index >= 15 is 0 Å². The molecule has 0 spiro atoms. The van der Waals surface area contributed by atoms with Gasteiger partial charge in [-0.3, -0.25) is 4.79 Å². The van der Waals surface area contributed by atoms with Crippen molar-refractivity contribution < 1.29 is 14.3 Å². The van der Waals surface area contributed by atoms with Crippen LogP contribution < -0.4 is 9.47 Å². The van der Waals surface area contributed by atoms with Gasteiger partial charge in [0.15, 0.2) is 0 Å². The summed E-state index contributed by atoms with van der Waals surface area (Å²) < 4.78 is 11.9. The number of hydrogen-bond donors (Lipinski definition) is 0. The Morgan fingerprint density at radius 2 is 1.80 bits per heavy atom. The van der Waals surface area contributed by atoms with E-state index < -0.39 is 0 Å². The molecule has 134 valence electrons. The summed E-state index contributed by atoms with van der Waals surface area (Å²) >= 11 is 15.6. The first-order chi connectivity index (χ1) is 11.8. The van der Waals surface area contributed by atoms with Gasteiger partial charge in [0.25, 0.3) is 0 Å². The second-order valence-corrected chi connectivity index (χ2v) is 7.39. The number of benzene rings is 2. The lowest BCUT2D eigenvalue weighted by Crippen LogP contribution is -2.10. The van der Waals surface area contributed by atoms with Gasteiger partial charge < -0.3 is 9.47 Å². The van der Waals surface area contributed by atoms with Crippen molar-refractivity contribution in [1.29, 1.82) is 0 Å². The van der Waals surface area contributed by atoms with Crippen LogP contribution in [0.15, 0.2) is 28.7 Å². The Kier molecular flexibility index (Phi) is 7.17. The molecular weight excluding hydrogens is 427 g/mol. The summed E-state index contributed by atoms with van der Waals surface area (Å²) in [4.78, 5) is 11.9. The summed E-state index contributed by atoms with van der Waals surface area (Å²) in [5.74, 6) is 0.958. The number of rotatable bonds is 6. The predicted octanol–water partition coefficient (Wildman–Crippen LogP) is 6.45. The minimum Gasteiger partial charge on any atom is -0.492 e. The van der Waals surface area contributed by atoms with Gasteiger partial charge in [-0.2, -0.15) is 0 Å². The van der Waals surface area contributed by atoms with Gasteiger partial charge in [-0.05, 0) is 84.1 Å². The Morgan fingerprint density at radius 1 is 1.08 bits per heavy atom. The van der Waals surface area contributed by atoms with E-state index in [0.29, 0.717) is 23.8 Å². The molecule has 2 aromatic rings. The lowest BCUT2D eigenvalue weighted by molar-refractivity contribution is -0.134. The molecule has 2 rings (SSSR count). The first-order valence-electron chi connectivity index (χ1n) is 7.84. The van der Waals surface area contributed by atoms with E-state index in [1.807, 2.05) is 26.8 Å². The highest BCUT2D eigenvalue weighted by Gasteiger charge is 2.12. The van der Waals surface area contributed by atoms with Crippen LogP contribution in [0, 0.1) is 20.8 Å². The molecule has 0 saturated carbocycles. The number of carbonyl (C=O) groups is 1. The van der Waals surface area contributed by atoms with Crippen molar-refractivity contribution in [2.24, 2.45) is 0 Å². The molecule has 0 fully saturated rings. The van der Waals surface area contributed by atoms with E-state index in [1.54, 1.807) is 18.2 Å². The second-order valence-electron chi connectivity index (χ2n) is 5.78. The topological polar surface area (TPSA) is 35.5 Å². The van der Waals surface area contributed by atoms with Gasteiger partial charge in [-0.25, -0.2) is 0 Å². The molecule has 2 aromatic carbocycles. The standard InChI is InChI=1S/C19H19BrCl2O3/c1-11-9-14(21)6-7-15(11)25-17(23)5-4-8-24-16-10-12(2)19(22)13(3)18(16)20/h6-7,9-10H,4-5,8H2,1-3H3. The van der Waals surface area contributed by atoms with E-state index in [4.69, 9.17) is 32.7 Å². The van der Waals surface area contributed by atoms with Crippen molar-refractivity contribution in [2.75, 3.05) is 6.61 Å². The van der Waals surface area contributed by atoms with Crippen molar-refractivity contribution in [3.8, 4) is 11.5 Å². The van der Waals surface area contributed by atoms with Crippen molar-refractivity contribution >= 4 is 45.1 Å². The molecule has 0 atom stereocenters. The minimum atomic E-state index is -0.295. The quantitative estimate of drug-likeness (QED) is 0.291. The smallest absolute Gasteiger partial charge is 0.311 e. The highest BCUT2D eigenvalue weighted by molar-refractivity contribution is 9.10. The molecule has 0 bridgehead atoms. The fourth-order valence-corrected chi connectivity index (χ4v) is 3.22. The molecule has 0 saturated heterocycles. The maximum atomic E-state index is 11.9. The van der Waals surface area contributed by atoms with Crippen LogP contribution in [0.5, 0.6) is 11.5 Å². The van der Waals surface area contributed by atoms with E-state index in [2.05, 4.69) is 15.9 Å². The molecule has 0 aliphatic carbocycles. The second kappa shape index (κ2) is 8.93. The Bertz CT molecular complexity index is 791. The van der Waals surface area contributed by atoms with Crippen molar-refractivity contribution in [3.63, 3.8) is 0 Å². The summed E-state index contributed by atoms with van der Waals surface area (Å²) in [5.41, 5.74) is 2.72. The average Bonchev–Trinajstić information content (AvgIpc) is 2.56. The first kappa shape index (κ1) is 20.1. The Balaban J connectivity index is 1.84. The van der Waals surface area contributed by atoms with E-state index in [1.165, 1.54) is 0 Å². The first-order valence-corrected chi connectivity index (χ1v) is 9.39. The highest BCUT2D eigenvalue weighted by Crippen LogP contribution is 2.35. The largest absolute Gasteiger partial charge is 0.492 e. The van der Waals surface area contributed by atoms with Crippen LogP contribution in [-0.2, 0) is 4.79 Å². The third kappa shape index (κ3) is 5.37. The molecule has 0 heterocycles. The molecule has 0 unspecified atom stereocenters. The maximum absolute atomic E-state index is 11.9. The van der Waals surface area contributed by atoms with Crippen LogP contribution in [0.25, 0.3) is 0 Å². The van der Waals surface area contributed by atoms with Crippen molar-refractivity contribution in [1.82, 2.24) is 0 Å². The van der Waals surface area contributed by atoms with Crippen molar-refractivity contribution in [2.45, 2.75) is 33.6 Å². The Labute approximate surface area is 166 Å². The molecule has 0 amide bonds. The fraction of sp³-hybridized carbons (Fsp3) is 0.316. The summed E-state index contributed by atoms with van der Waals surface area (Å²) in [6.45, 7) is 6.12. The van der Waals surface area contributed by atoms with Crippen molar-refractivity contribution in [3.05, 3.63) is 55.5 Å². The molecule has 0 aromatic heterocycles. The third-order valence-corrected chi connectivity index (χ3v) is 5.51. The molecule has 25 heavy (non-hydrogen) atoms. The van der Waals surface area contributed by atoms with Crippen LogP contribution in [0.2, 0.25) is 10.0 Å². The van der Waals surface area contributed by atoms with E-state index in [9.17, 15) is 4.79 Å². The van der Waals surface area contributed by atoms with Gasteiger partial charge in [0.2, 0.25) is 0 Å². The van der Waals surface area contributed by atoms with Gasteiger partial charge in [0, 0.05) is 16.5 Å². The summed E-state index contributed by atoms with van der Waals surface area (Å²) in [5, 5.41) is 1.34. The summed E-state index contributed by atoms with van der Waals surface area (Å²) in [6, 6.07) is 7.04. The molecular formula is C19H19BrCl2O3. The average molecular weight is 446 g/mol. The molecule has 0 radical (unpaired) electrons. The Hall–Kier alpha value is -1.23. The molecule has 0 aliphatic heterocycles. The number of halogens is 3. The highest BCUT2D eigenvalue weighted by atomic mass is 79.9. The zero-order chi connectivity index (χ0) is 18.6. The SMILES string of the molecule is Cc1cc(Cl)ccc1OC(=O)CCCOc1cc(C)c(Cl)c(C)c1Br. The predicted molar refractivity (Wildman–Crippen MR) is 105 cm³/mol. The van der Waals surface area contributed by atoms with E-state index in [-0.39, 0.29) is 12.4 Å². The minimum absolute atomic E-state index is 0.269. The normalized spacial score (nSPS) is 10.6. The van der Waals surface area contributed by atoms with Crippen LogP contribution in [-0.4, -0.2) is 12.6 Å². The van der Waals surface area contributed by atoms with Gasteiger partial charge in [-0.1, -0.05) is 23.2 Å². The fourth-order valence-electron chi connectivity index (χ4n) is 2.30. The maximum Gasteiger partial charge on any atom is 0.311 e. The third-order valence-electron chi connectivity index (χ3n) is 3.71. The molecule has 0 N–H and O–H groups in total. The lowest BCUT2D eigenvalue weighted by Gasteiger charge is -2.13. The van der Waals surface area contributed by atoms with Crippen LogP contribution >= 0.6 is 39.1 Å². The van der Waals surface area contributed by atoms with Crippen LogP contribution in [0.3, 0.4) is 0 Å². The summed E-state index contributed by atoms with van der Waals surface area (Å²) in [7, 11) is 0. The molecule has 0 aliphatic rings. The monoisotopic (exact) mass is 444 g/mol. The zero-order valence-corrected chi connectivity index (χ0v) is 17.4. The van der Waals surface area contributed by atoms with Crippen LogP contribution in [0.4, 0.5) is 0 Å². The Morgan fingerprint density at radius 3 is 2.48 bits per heavy atom. The van der Waals surface area contributed by atoms with Gasteiger partial charge in [0.1, 0.15) is 11.5 Å². The summed E-state index contributed by atoms with van der Waals surface area (Å²) in [6.07, 6.45) is 0.823. The molecule has 6 heteroatoms. The number of aryl methyl sites for hydroxylation is 2.